The molecule has 0 spiro atoms. The van der Waals surface area contributed by atoms with Gasteiger partial charge in [-0.1, -0.05) is 17.2 Å². The minimum atomic E-state index is 0.820. The van der Waals surface area contributed by atoms with Gasteiger partial charge in [0.25, 0.3) is 0 Å². The fourth-order valence-electron chi connectivity index (χ4n) is 1.87. The summed E-state index contributed by atoms with van der Waals surface area (Å²) in [5.74, 6) is 0.820. The average molecular weight is 227 g/mol. The quantitative estimate of drug-likeness (QED) is 0.875. The molecule has 1 N–H and O–H groups in total. The molecule has 3 heteroatoms. The highest BCUT2D eigenvalue weighted by atomic mass is 15.0. The molecule has 1 heterocycles. The molecule has 0 aliphatic carbocycles. The molecule has 0 aliphatic rings. The Morgan fingerprint density at radius 1 is 1.00 bits per heavy atom. The van der Waals surface area contributed by atoms with Gasteiger partial charge in [-0.25, -0.2) is 4.98 Å². The van der Waals surface area contributed by atoms with E-state index in [-0.39, 0.29) is 0 Å². The van der Waals surface area contributed by atoms with Crippen molar-refractivity contribution in [2.75, 3.05) is 11.9 Å². The minimum Gasteiger partial charge on any atom is -0.369 e. The van der Waals surface area contributed by atoms with E-state index in [1.807, 2.05) is 13.1 Å². The van der Waals surface area contributed by atoms with Crippen molar-refractivity contribution in [1.29, 1.82) is 0 Å². The van der Waals surface area contributed by atoms with Crippen LogP contribution in [-0.4, -0.2) is 16.5 Å². The molecular weight excluding hydrogens is 210 g/mol. The first kappa shape index (κ1) is 11.6. The molecule has 1 aromatic carbocycles. The Labute approximate surface area is 102 Å². The lowest BCUT2D eigenvalue weighted by molar-refractivity contribution is 1.12. The van der Waals surface area contributed by atoms with Crippen molar-refractivity contribution in [3.8, 4) is 11.3 Å². The number of hydrogen-bond donors (Lipinski definition) is 1. The van der Waals surface area contributed by atoms with Crippen LogP contribution in [0.4, 0.5) is 5.82 Å². The lowest BCUT2D eigenvalue weighted by atomic mass is 10.1. The van der Waals surface area contributed by atoms with Gasteiger partial charge >= 0.3 is 0 Å². The summed E-state index contributed by atoms with van der Waals surface area (Å²) in [4.78, 5) is 8.76. The van der Waals surface area contributed by atoms with Gasteiger partial charge in [-0.3, -0.25) is 4.98 Å². The van der Waals surface area contributed by atoms with Gasteiger partial charge in [0.05, 0.1) is 18.1 Å². The summed E-state index contributed by atoms with van der Waals surface area (Å²) in [6.45, 7) is 7.09. The third kappa shape index (κ3) is 2.81. The summed E-state index contributed by atoms with van der Waals surface area (Å²) in [5.41, 5.74) is 4.53. The zero-order chi connectivity index (χ0) is 12.3. The zero-order valence-electron chi connectivity index (χ0n) is 10.5. The number of benzene rings is 1. The predicted octanol–water partition coefficient (Wildman–Crippen LogP) is 3.19. The van der Waals surface area contributed by atoms with Crippen LogP contribution in [0.5, 0.6) is 0 Å². The standard InChI is InChI=1S/C14H17N3/c1-4-15-14-9-16-13(8-17-14)12-6-10(2)5-11(3)7-12/h5-9H,4H2,1-3H3,(H,15,17). The second kappa shape index (κ2) is 4.95. The van der Waals surface area contributed by atoms with E-state index in [9.17, 15) is 0 Å². The molecule has 0 amide bonds. The molecule has 0 fully saturated rings. The molecule has 0 radical (unpaired) electrons. The molecule has 1 aromatic heterocycles. The van der Waals surface area contributed by atoms with Crippen molar-refractivity contribution >= 4 is 5.82 Å². The maximum Gasteiger partial charge on any atom is 0.144 e. The van der Waals surface area contributed by atoms with Gasteiger partial charge in [-0.05, 0) is 32.9 Å². The van der Waals surface area contributed by atoms with E-state index in [0.717, 1.165) is 23.6 Å². The van der Waals surface area contributed by atoms with Crippen LogP contribution < -0.4 is 5.32 Å². The number of hydrogen-bond acceptors (Lipinski definition) is 3. The minimum absolute atomic E-state index is 0.820. The van der Waals surface area contributed by atoms with Crippen molar-refractivity contribution in [2.45, 2.75) is 20.8 Å². The van der Waals surface area contributed by atoms with Gasteiger partial charge in [0.15, 0.2) is 0 Å². The molecule has 88 valence electrons. The number of aromatic nitrogens is 2. The van der Waals surface area contributed by atoms with Gasteiger partial charge in [-0.2, -0.15) is 0 Å². The maximum atomic E-state index is 4.42. The van der Waals surface area contributed by atoms with Gasteiger partial charge in [0.2, 0.25) is 0 Å². The highest BCUT2D eigenvalue weighted by Gasteiger charge is 2.02. The van der Waals surface area contributed by atoms with Crippen molar-refractivity contribution in [2.24, 2.45) is 0 Å². The second-order valence-electron chi connectivity index (χ2n) is 4.19. The van der Waals surface area contributed by atoms with E-state index >= 15 is 0 Å². The number of rotatable bonds is 3. The van der Waals surface area contributed by atoms with Crippen LogP contribution in [0.3, 0.4) is 0 Å². The summed E-state index contributed by atoms with van der Waals surface area (Å²) in [6, 6.07) is 6.41. The van der Waals surface area contributed by atoms with Crippen molar-refractivity contribution in [3.05, 3.63) is 41.7 Å². The maximum absolute atomic E-state index is 4.42. The summed E-state index contributed by atoms with van der Waals surface area (Å²) in [6.07, 6.45) is 3.59. The smallest absolute Gasteiger partial charge is 0.144 e. The first-order valence-corrected chi connectivity index (χ1v) is 5.83. The van der Waals surface area contributed by atoms with Gasteiger partial charge < -0.3 is 5.32 Å². The predicted molar refractivity (Wildman–Crippen MR) is 71.1 cm³/mol. The molecule has 17 heavy (non-hydrogen) atoms. The number of nitrogens with one attached hydrogen (secondary N) is 1. The van der Waals surface area contributed by atoms with Gasteiger partial charge in [0.1, 0.15) is 5.82 Å². The second-order valence-corrected chi connectivity index (χ2v) is 4.19. The van der Waals surface area contributed by atoms with E-state index in [4.69, 9.17) is 0 Å². The topological polar surface area (TPSA) is 37.8 Å². The van der Waals surface area contributed by atoms with E-state index in [1.54, 1.807) is 6.20 Å². The van der Waals surface area contributed by atoms with Crippen LogP contribution in [0.15, 0.2) is 30.6 Å². The molecular formula is C14H17N3. The Kier molecular flexibility index (Phi) is 3.38. The van der Waals surface area contributed by atoms with E-state index in [2.05, 4.69) is 47.3 Å². The molecule has 0 aliphatic heterocycles. The van der Waals surface area contributed by atoms with Crippen molar-refractivity contribution < 1.29 is 0 Å². The highest BCUT2D eigenvalue weighted by molar-refractivity contribution is 5.61. The molecule has 2 rings (SSSR count). The van der Waals surface area contributed by atoms with Gasteiger partial charge in [-0.15, -0.1) is 0 Å². The fraction of sp³-hybridized carbons (Fsp3) is 0.286. The number of anilines is 1. The average Bonchev–Trinajstić information content (AvgIpc) is 2.29. The van der Waals surface area contributed by atoms with Crippen LogP contribution in [0, 0.1) is 13.8 Å². The Balaban J connectivity index is 2.32. The Morgan fingerprint density at radius 3 is 2.24 bits per heavy atom. The summed E-state index contributed by atoms with van der Waals surface area (Å²) >= 11 is 0. The normalized spacial score (nSPS) is 10.3. The molecule has 0 atom stereocenters. The fourth-order valence-corrected chi connectivity index (χ4v) is 1.87. The molecule has 3 nitrogen and oxygen atoms in total. The van der Waals surface area contributed by atoms with Crippen molar-refractivity contribution in [3.63, 3.8) is 0 Å². The lowest BCUT2D eigenvalue weighted by Crippen LogP contribution is -1.99. The Bertz CT molecular complexity index is 483. The van der Waals surface area contributed by atoms with Crippen LogP contribution in [0.2, 0.25) is 0 Å². The molecule has 0 saturated carbocycles. The van der Waals surface area contributed by atoms with E-state index in [1.165, 1.54) is 11.1 Å². The monoisotopic (exact) mass is 227 g/mol. The summed E-state index contributed by atoms with van der Waals surface area (Å²) in [7, 11) is 0. The van der Waals surface area contributed by atoms with E-state index < -0.39 is 0 Å². The zero-order valence-corrected chi connectivity index (χ0v) is 10.5. The van der Waals surface area contributed by atoms with E-state index in [0.29, 0.717) is 0 Å². The Hall–Kier alpha value is -1.90. The number of nitrogens with zero attached hydrogens (tertiary/aromatic N) is 2. The third-order valence-corrected chi connectivity index (χ3v) is 2.53. The van der Waals surface area contributed by atoms with Crippen LogP contribution >= 0.6 is 0 Å². The van der Waals surface area contributed by atoms with Gasteiger partial charge in [0, 0.05) is 12.1 Å². The summed E-state index contributed by atoms with van der Waals surface area (Å²) < 4.78 is 0. The molecule has 0 bridgehead atoms. The molecule has 0 saturated heterocycles. The highest BCUT2D eigenvalue weighted by Crippen LogP contribution is 2.20. The van der Waals surface area contributed by atoms with Crippen LogP contribution in [-0.2, 0) is 0 Å². The summed E-state index contributed by atoms with van der Waals surface area (Å²) in [5, 5.41) is 3.14. The molecule has 2 aromatic rings. The molecule has 0 unspecified atom stereocenters. The first-order chi connectivity index (χ1) is 8.19. The van der Waals surface area contributed by atoms with Crippen LogP contribution in [0.25, 0.3) is 11.3 Å². The lowest BCUT2D eigenvalue weighted by Gasteiger charge is -2.05. The van der Waals surface area contributed by atoms with Crippen LogP contribution in [0.1, 0.15) is 18.1 Å². The SMILES string of the molecule is CCNc1cnc(-c2cc(C)cc(C)c2)cn1. The van der Waals surface area contributed by atoms with Crippen molar-refractivity contribution in [1.82, 2.24) is 9.97 Å². The number of aryl methyl sites for hydroxylation is 2. The first-order valence-electron chi connectivity index (χ1n) is 5.83. The largest absolute Gasteiger partial charge is 0.369 e. The third-order valence-electron chi connectivity index (χ3n) is 2.53. The Morgan fingerprint density at radius 2 is 1.71 bits per heavy atom.